The highest BCUT2D eigenvalue weighted by molar-refractivity contribution is 5.95. The Kier molecular flexibility index (Phi) is 3.97. The SMILES string of the molecule is CC(C)(N)CNC(=O)c1cc([N+](=O)[O-])ccc1F. The molecule has 1 aromatic carbocycles. The molecule has 18 heavy (non-hydrogen) atoms. The average Bonchev–Trinajstić information content (AvgIpc) is 2.25. The molecule has 0 bridgehead atoms. The van der Waals surface area contributed by atoms with Crippen molar-refractivity contribution in [1.29, 1.82) is 0 Å². The first kappa shape index (κ1) is 14.0. The molecule has 0 aliphatic heterocycles. The summed E-state index contributed by atoms with van der Waals surface area (Å²) >= 11 is 0. The first-order chi connectivity index (χ1) is 8.20. The Morgan fingerprint density at radius 2 is 2.17 bits per heavy atom. The minimum atomic E-state index is -0.812. The Morgan fingerprint density at radius 1 is 1.56 bits per heavy atom. The number of carbonyl (C=O) groups is 1. The molecular formula is C11H14FN3O3. The third kappa shape index (κ3) is 3.77. The molecule has 1 rings (SSSR count). The van der Waals surface area contributed by atoms with Crippen LogP contribution in [0.25, 0.3) is 0 Å². The van der Waals surface area contributed by atoms with Gasteiger partial charge < -0.3 is 11.1 Å². The number of carbonyl (C=O) groups excluding carboxylic acids is 1. The highest BCUT2D eigenvalue weighted by Crippen LogP contribution is 2.16. The molecule has 0 saturated carbocycles. The van der Waals surface area contributed by atoms with Crippen molar-refractivity contribution in [3.8, 4) is 0 Å². The molecule has 0 aliphatic carbocycles. The van der Waals surface area contributed by atoms with Crippen molar-refractivity contribution in [2.75, 3.05) is 6.54 Å². The lowest BCUT2D eigenvalue weighted by Gasteiger charge is -2.18. The van der Waals surface area contributed by atoms with E-state index in [0.717, 1.165) is 18.2 Å². The van der Waals surface area contributed by atoms with Crippen molar-refractivity contribution < 1.29 is 14.1 Å². The van der Waals surface area contributed by atoms with Crippen LogP contribution in [0.4, 0.5) is 10.1 Å². The van der Waals surface area contributed by atoms with Crippen molar-refractivity contribution in [2.24, 2.45) is 5.73 Å². The Bertz CT molecular complexity index is 483. The van der Waals surface area contributed by atoms with Crippen molar-refractivity contribution in [1.82, 2.24) is 5.32 Å². The predicted molar refractivity (Wildman–Crippen MR) is 63.7 cm³/mol. The van der Waals surface area contributed by atoms with Gasteiger partial charge in [-0.1, -0.05) is 0 Å². The van der Waals surface area contributed by atoms with Crippen molar-refractivity contribution in [3.05, 3.63) is 39.7 Å². The fourth-order valence-electron chi connectivity index (χ4n) is 1.20. The van der Waals surface area contributed by atoms with Gasteiger partial charge in [0.05, 0.1) is 10.5 Å². The largest absolute Gasteiger partial charge is 0.350 e. The summed E-state index contributed by atoms with van der Waals surface area (Å²) in [4.78, 5) is 21.5. The summed E-state index contributed by atoms with van der Waals surface area (Å²) in [5.41, 5.74) is 4.31. The summed E-state index contributed by atoms with van der Waals surface area (Å²) in [5, 5.41) is 13.0. The molecule has 0 unspecified atom stereocenters. The van der Waals surface area contributed by atoms with Crippen LogP contribution in [0.5, 0.6) is 0 Å². The van der Waals surface area contributed by atoms with Gasteiger partial charge in [0.1, 0.15) is 5.82 Å². The monoisotopic (exact) mass is 255 g/mol. The topological polar surface area (TPSA) is 98.3 Å². The molecule has 0 radical (unpaired) electrons. The standard InChI is InChI=1S/C11H14FN3O3/c1-11(2,13)6-14-10(16)8-5-7(15(17)18)3-4-9(8)12/h3-5H,6,13H2,1-2H3,(H,14,16). The molecule has 0 spiro atoms. The van der Waals surface area contributed by atoms with E-state index in [1.165, 1.54) is 0 Å². The fourth-order valence-corrected chi connectivity index (χ4v) is 1.20. The van der Waals surface area contributed by atoms with Crippen LogP contribution in [0.1, 0.15) is 24.2 Å². The zero-order valence-electron chi connectivity index (χ0n) is 10.1. The highest BCUT2D eigenvalue weighted by atomic mass is 19.1. The lowest BCUT2D eigenvalue weighted by atomic mass is 10.1. The van der Waals surface area contributed by atoms with E-state index in [1.54, 1.807) is 13.8 Å². The number of hydrogen-bond donors (Lipinski definition) is 2. The van der Waals surface area contributed by atoms with Gasteiger partial charge in [-0.2, -0.15) is 0 Å². The van der Waals surface area contributed by atoms with Crippen LogP contribution in [0, 0.1) is 15.9 Å². The van der Waals surface area contributed by atoms with Gasteiger partial charge >= 0.3 is 0 Å². The van der Waals surface area contributed by atoms with E-state index < -0.39 is 22.2 Å². The van der Waals surface area contributed by atoms with Crippen LogP contribution in [0.15, 0.2) is 18.2 Å². The molecule has 1 aromatic rings. The molecule has 0 aliphatic rings. The molecule has 98 valence electrons. The van der Waals surface area contributed by atoms with E-state index in [2.05, 4.69) is 5.32 Å². The number of nitrogens with one attached hydrogen (secondary N) is 1. The van der Waals surface area contributed by atoms with E-state index in [4.69, 9.17) is 5.73 Å². The number of halogens is 1. The van der Waals surface area contributed by atoms with Gasteiger partial charge in [-0.15, -0.1) is 0 Å². The molecule has 6 nitrogen and oxygen atoms in total. The number of rotatable bonds is 4. The van der Waals surface area contributed by atoms with Gasteiger partial charge in [0, 0.05) is 24.2 Å². The zero-order chi connectivity index (χ0) is 13.9. The minimum absolute atomic E-state index is 0.133. The molecule has 3 N–H and O–H groups in total. The number of hydrogen-bond acceptors (Lipinski definition) is 4. The third-order valence-corrected chi connectivity index (χ3v) is 2.11. The number of nitrogens with zero attached hydrogens (tertiary/aromatic N) is 1. The second kappa shape index (κ2) is 5.09. The quantitative estimate of drug-likeness (QED) is 0.623. The molecule has 0 aromatic heterocycles. The van der Waals surface area contributed by atoms with Gasteiger partial charge in [-0.3, -0.25) is 14.9 Å². The third-order valence-electron chi connectivity index (χ3n) is 2.11. The maximum atomic E-state index is 13.4. The fraction of sp³-hybridized carbons (Fsp3) is 0.364. The van der Waals surface area contributed by atoms with Crippen LogP contribution in [-0.2, 0) is 0 Å². The Balaban J connectivity index is 2.91. The van der Waals surface area contributed by atoms with Crippen LogP contribution in [-0.4, -0.2) is 22.9 Å². The van der Waals surface area contributed by atoms with E-state index in [0.29, 0.717) is 0 Å². The maximum absolute atomic E-state index is 13.4. The van der Waals surface area contributed by atoms with Gasteiger partial charge in [-0.05, 0) is 19.9 Å². The second-order valence-corrected chi connectivity index (χ2v) is 4.59. The number of non-ortho nitro benzene ring substituents is 1. The van der Waals surface area contributed by atoms with E-state index in [9.17, 15) is 19.3 Å². The number of nitro benzene ring substituents is 1. The van der Waals surface area contributed by atoms with E-state index in [1.807, 2.05) is 0 Å². The summed E-state index contributed by atoms with van der Waals surface area (Å²) in [6.45, 7) is 3.52. The second-order valence-electron chi connectivity index (χ2n) is 4.59. The lowest BCUT2D eigenvalue weighted by Crippen LogP contribution is -2.45. The van der Waals surface area contributed by atoms with Crippen molar-refractivity contribution >= 4 is 11.6 Å². The van der Waals surface area contributed by atoms with Crippen LogP contribution < -0.4 is 11.1 Å². The number of nitrogens with two attached hydrogens (primary N) is 1. The summed E-state index contributed by atoms with van der Waals surface area (Å²) in [7, 11) is 0. The predicted octanol–water partition coefficient (Wildman–Crippen LogP) is 1.20. The zero-order valence-corrected chi connectivity index (χ0v) is 10.1. The molecule has 0 saturated heterocycles. The van der Waals surface area contributed by atoms with Gasteiger partial charge in [0.2, 0.25) is 0 Å². The maximum Gasteiger partial charge on any atom is 0.270 e. The molecule has 0 fully saturated rings. The average molecular weight is 255 g/mol. The number of amides is 1. The van der Waals surface area contributed by atoms with E-state index >= 15 is 0 Å². The summed E-state index contributed by atoms with van der Waals surface area (Å²) in [5.74, 6) is -1.54. The Morgan fingerprint density at radius 3 is 2.67 bits per heavy atom. The summed E-state index contributed by atoms with van der Waals surface area (Å²) in [6, 6.07) is 2.79. The summed E-state index contributed by atoms with van der Waals surface area (Å²) < 4.78 is 13.4. The lowest BCUT2D eigenvalue weighted by molar-refractivity contribution is -0.384. The van der Waals surface area contributed by atoms with Crippen molar-refractivity contribution in [3.63, 3.8) is 0 Å². The van der Waals surface area contributed by atoms with Gasteiger partial charge in [0.15, 0.2) is 0 Å². The Hall–Kier alpha value is -2.02. The van der Waals surface area contributed by atoms with Crippen molar-refractivity contribution in [2.45, 2.75) is 19.4 Å². The first-order valence-corrected chi connectivity index (χ1v) is 5.22. The Labute approximate surface area is 103 Å². The van der Waals surface area contributed by atoms with Crippen LogP contribution in [0.3, 0.4) is 0 Å². The smallest absolute Gasteiger partial charge is 0.270 e. The van der Waals surface area contributed by atoms with E-state index in [-0.39, 0.29) is 17.8 Å². The van der Waals surface area contributed by atoms with Crippen LogP contribution >= 0.6 is 0 Å². The normalized spacial score (nSPS) is 11.1. The van der Waals surface area contributed by atoms with Gasteiger partial charge in [0.25, 0.3) is 11.6 Å². The van der Waals surface area contributed by atoms with Crippen LogP contribution in [0.2, 0.25) is 0 Å². The molecule has 0 atom stereocenters. The molecule has 7 heteroatoms. The summed E-state index contributed by atoms with van der Waals surface area (Å²) in [6.07, 6.45) is 0. The first-order valence-electron chi connectivity index (χ1n) is 5.22. The highest BCUT2D eigenvalue weighted by Gasteiger charge is 2.19. The number of nitro groups is 1. The molecular weight excluding hydrogens is 241 g/mol. The minimum Gasteiger partial charge on any atom is -0.350 e. The molecule has 0 heterocycles. The van der Waals surface area contributed by atoms with Gasteiger partial charge in [-0.25, -0.2) is 4.39 Å². The molecule has 1 amide bonds. The number of benzene rings is 1.